The first-order valence-corrected chi connectivity index (χ1v) is 5.64. The van der Waals surface area contributed by atoms with E-state index in [1.165, 1.54) is 14.2 Å². The van der Waals surface area contributed by atoms with Crippen LogP contribution in [-0.4, -0.2) is 26.2 Å². The maximum absolute atomic E-state index is 11.4. The highest BCUT2D eigenvalue weighted by Crippen LogP contribution is 2.46. The topological polar surface area (TPSA) is 52.6 Å². The molecule has 0 aromatic carbocycles. The molecule has 0 saturated heterocycles. The molecule has 0 fully saturated rings. The zero-order valence-electron chi connectivity index (χ0n) is 7.99. The minimum Gasteiger partial charge on any atom is -0.312 e. The fourth-order valence-electron chi connectivity index (χ4n) is 0.762. The van der Waals surface area contributed by atoms with Gasteiger partial charge in [-0.25, -0.2) is 0 Å². The Labute approximate surface area is 78.5 Å². The monoisotopic (exact) mass is 206 g/mol. The van der Waals surface area contributed by atoms with E-state index in [2.05, 4.69) is 15.6 Å². The van der Waals surface area contributed by atoms with Gasteiger partial charge >= 0.3 is 7.60 Å². The first-order chi connectivity index (χ1) is 6.08. The van der Waals surface area contributed by atoms with Gasteiger partial charge in [-0.1, -0.05) is 6.08 Å². The van der Waals surface area contributed by atoms with Crippen LogP contribution in [0.5, 0.6) is 0 Å². The van der Waals surface area contributed by atoms with Crippen molar-refractivity contribution >= 4 is 13.4 Å². The van der Waals surface area contributed by atoms with Gasteiger partial charge in [-0.3, -0.25) is 9.36 Å². The van der Waals surface area contributed by atoms with Crippen molar-refractivity contribution < 1.29 is 18.4 Å². The number of carbonyl (C=O) groups excluding carboxylic acids is 1. The number of Topliss-reactive ketones (excluding diaryl/α,β-unsaturated/α-hetero) is 1. The number of rotatable bonds is 7. The first-order valence-electron chi connectivity index (χ1n) is 3.91. The molecule has 0 bridgehead atoms. The van der Waals surface area contributed by atoms with E-state index >= 15 is 0 Å². The van der Waals surface area contributed by atoms with Gasteiger partial charge in [0.15, 0.2) is 0 Å². The molecule has 0 radical (unpaired) electrons. The summed E-state index contributed by atoms with van der Waals surface area (Å²) in [5.41, 5.74) is 0. The van der Waals surface area contributed by atoms with Gasteiger partial charge in [0.2, 0.25) is 0 Å². The lowest BCUT2D eigenvalue weighted by Gasteiger charge is -2.11. The van der Waals surface area contributed by atoms with Crippen LogP contribution in [0.1, 0.15) is 12.8 Å². The lowest BCUT2D eigenvalue weighted by atomic mass is 10.2. The molecule has 0 atom stereocenters. The van der Waals surface area contributed by atoms with E-state index in [1.54, 1.807) is 6.08 Å². The summed E-state index contributed by atoms with van der Waals surface area (Å²) in [6.45, 7) is 3.49. The predicted molar refractivity (Wildman–Crippen MR) is 50.9 cm³/mol. The summed E-state index contributed by atoms with van der Waals surface area (Å²) in [4.78, 5) is 11.2. The summed E-state index contributed by atoms with van der Waals surface area (Å²) in [5, 5.41) is 0. The molecule has 0 rings (SSSR count). The van der Waals surface area contributed by atoms with E-state index in [0.717, 1.165) is 0 Å². The smallest absolute Gasteiger partial charge is 0.312 e. The van der Waals surface area contributed by atoms with Crippen molar-refractivity contribution in [2.24, 2.45) is 0 Å². The molecule has 0 aliphatic rings. The standard InChI is InChI=1S/C8H15O4P/c1-4-5-6-8(9)7-13(10,11-2)12-3/h4H,1,5-7H2,2-3H3. The molecule has 0 N–H and O–H groups in total. The summed E-state index contributed by atoms with van der Waals surface area (Å²) >= 11 is 0. The summed E-state index contributed by atoms with van der Waals surface area (Å²) in [6.07, 6.45) is 2.41. The van der Waals surface area contributed by atoms with Crippen LogP contribution in [0.2, 0.25) is 0 Å². The van der Waals surface area contributed by atoms with Gasteiger partial charge in [0.1, 0.15) is 11.9 Å². The average molecular weight is 206 g/mol. The Kier molecular flexibility index (Phi) is 5.88. The molecule has 0 amide bonds. The molecule has 0 aliphatic heterocycles. The second-order valence-electron chi connectivity index (χ2n) is 2.50. The maximum atomic E-state index is 11.4. The average Bonchev–Trinajstić information content (AvgIpc) is 2.14. The molecule has 0 saturated carbocycles. The van der Waals surface area contributed by atoms with Crippen molar-refractivity contribution in [3.05, 3.63) is 12.7 Å². The van der Waals surface area contributed by atoms with E-state index < -0.39 is 7.60 Å². The van der Waals surface area contributed by atoms with Crippen LogP contribution >= 0.6 is 7.60 Å². The Morgan fingerprint density at radius 2 is 2.00 bits per heavy atom. The van der Waals surface area contributed by atoms with E-state index in [4.69, 9.17) is 0 Å². The summed E-state index contributed by atoms with van der Waals surface area (Å²) < 4.78 is 20.7. The predicted octanol–water partition coefficient (Wildman–Crippen LogP) is 2.01. The zero-order chi connectivity index (χ0) is 10.3. The molecule has 0 spiro atoms. The minimum absolute atomic E-state index is 0.132. The first kappa shape index (κ1) is 12.6. The third kappa shape index (κ3) is 4.98. The number of ketones is 1. The third-order valence-electron chi connectivity index (χ3n) is 1.55. The van der Waals surface area contributed by atoms with Crippen molar-refractivity contribution in [3.8, 4) is 0 Å². The van der Waals surface area contributed by atoms with Crippen LogP contribution in [-0.2, 0) is 18.4 Å². The second-order valence-corrected chi connectivity index (χ2v) is 4.77. The Morgan fingerprint density at radius 3 is 2.38 bits per heavy atom. The number of hydrogen-bond donors (Lipinski definition) is 0. The van der Waals surface area contributed by atoms with Gasteiger partial charge in [0, 0.05) is 20.6 Å². The highest BCUT2D eigenvalue weighted by Gasteiger charge is 2.24. The second kappa shape index (κ2) is 6.08. The van der Waals surface area contributed by atoms with E-state index in [-0.39, 0.29) is 11.9 Å². The summed E-state index contributed by atoms with van der Waals surface area (Å²) in [6, 6.07) is 0. The lowest BCUT2D eigenvalue weighted by Crippen LogP contribution is -2.07. The van der Waals surface area contributed by atoms with Crippen LogP contribution < -0.4 is 0 Å². The molecule has 13 heavy (non-hydrogen) atoms. The molecule has 0 heterocycles. The van der Waals surface area contributed by atoms with Crippen molar-refractivity contribution in [2.75, 3.05) is 20.4 Å². The number of carbonyl (C=O) groups is 1. The summed E-state index contributed by atoms with van der Waals surface area (Å²) in [5.74, 6) is -0.132. The Morgan fingerprint density at radius 1 is 1.46 bits per heavy atom. The van der Waals surface area contributed by atoms with Gasteiger partial charge in [0.05, 0.1) is 0 Å². The van der Waals surface area contributed by atoms with Gasteiger partial charge in [-0.2, -0.15) is 0 Å². The van der Waals surface area contributed by atoms with Crippen molar-refractivity contribution in [3.63, 3.8) is 0 Å². The van der Waals surface area contributed by atoms with Gasteiger partial charge in [0.25, 0.3) is 0 Å². The van der Waals surface area contributed by atoms with E-state index in [0.29, 0.717) is 12.8 Å². The van der Waals surface area contributed by atoms with Gasteiger partial charge in [-0.05, 0) is 6.42 Å². The van der Waals surface area contributed by atoms with Gasteiger partial charge in [-0.15, -0.1) is 6.58 Å². The van der Waals surface area contributed by atoms with Crippen molar-refractivity contribution in [2.45, 2.75) is 12.8 Å². The third-order valence-corrected chi connectivity index (χ3v) is 3.41. The molecule has 0 unspecified atom stereocenters. The Bertz CT molecular complexity index is 216. The van der Waals surface area contributed by atoms with E-state index in [1.807, 2.05) is 0 Å². The summed E-state index contributed by atoms with van der Waals surface area (Å²) in [7, 11) is -0.623. The van der Waals surface area contributed by atoms with Crippen molar-refractivity contribution in [1.82, 2.24) is 0 Å². The number of hydrogen-bond acceptors (Lipinski definition) is 4. The highest BCUT2D eigenvalue weighted by molar-refractivity contribution is 7.54. The minimum atomic E-state index is -3.16. The molecule has 4 nitrogen and oxygen atoms in total. The van der Waals surface area contributed by atoms with Crippen LogP contribution in [0.4, 0.5) is 0 Å². The maximum Gasteiger partial charge on any atom is 0.337 e. The SMILES string of the molecule is C=CCCC(=O)CP(=O)(OC)OC. The Hall–Kier alpha value is -0.440. The van der Waals surface area contributed by atoms with E-state index in [9.17, 15) is 9.36 Å². The molecule has 76 valence electrons. The van der Waals surface area contributed by atoms with Crippen LogP contribution in [0.25, 0.3) is 0 Å². The lowest BCUT2D eigenvalue weighted by molar-refractivity contribution is -0.116. The molecule has 0 aliphatic carbocycles. The highest BCUT2D eigenvalue weighted by atomic mass is 31.2. The van der Waals surface area contributed by atoms with Crippen molar-refractivity contribution in [1.29, 1.82) is 0 Å². The zero-order valence-corrected chi connectivity index (χ0v) is 8.88. The molecule has 0 aromatic rings. The molecular weight excluding hydrogens is 191 g/mol. The molecule has 5 heteroatoms. The Balaban J connectivity index is 4.02. The normalized spacial score (nSPS) is 11.2. The molecular formula is C8H15O4P. The largest absolute Gasteiger partial charge is 0.337 e. The molecule has 0 aromatic heterocycles. The van der Waals surface area contributed by atoms with Gasteiger partial charge < -0.3 is 9.05 Å². The number of allylic oxidation sites excluding steroid dienone is 1. The van der Waals surface area contributed by atoms with Crippen LogP contribution in [0.3, 0.4) is 0 Å². The van der Waals surface area contributed by atoms with Crippen LogP contribution in [0, 0.1) is 0 Å². The fourth-order valence-corrected chi connectivity index (χ4v) is 1.76. The van der Waals surface area contributed by atoms with Crippen LogP contribution in [0.15, 0.2) is 12.7 Å². The fraction of sp³-hybridized carbons (Fsp3) is 0.625. The quantitative estimate of drug-likeness (QED) is 0.472.